The Morgan fingerprint density at radius 1 is 1.06 bits per heavy atom. The zero-order valence-corrected chi connectivity index (χ0v) is 11.9. The van der Waals surface area contributed by atoms with Gasteiger partial charge in [0.25, 0.3) is 0 Å². The number of hydrogen-bond donors (Lipinski definition) is 1. The Morgan fingerprint density at radius 2 is 1.76 bits per heavy atom. The van der Waals surface area contributed by atoms with Gasteiger partial charge in [0.05, 0.1) is 0 Å². The van der Waals surface area contributed by atoms with Crippen LogP contribution in [-0.2, 0) is 0 Å². The second-order valence-electron chi connectivity index (χ2n) is 6.28. The second kappa shape index (κ2) is 6.19. The molecule has 0 amide bonds. The summed E-state index contributed by atoms with van der Waals surface area (Å²) in [7, 11) is 0. The molecule has 2 fully saturated rings. The molecule has 1 heterocycles. The quantitative estimate of drug-likeness (QED) is 0.813. The minimum absolute atomic E-state index is 0.801. The predicted octanol–water partition coefficient (Wildman–Crippen LogP) is 3.03. The van der Waals surface area contributed by atoms with Crippen molar-refractivity contribution in [1.29, 1.82) is 0 Å². The number of piperidine rings is 1. The van der Waals surface area contributed by atoms with E-state index in [4.69, 9.17) is 0 Å². The third-order valence-electron chi connectivity index (χ3n) is 4.85. The molecule has 0 spiro atoms. The average Bonchev–Trinajstić information content (AvgIpc) is 2.31. The SMILES string of the molecule is CCNC1CCC(N2CCC(C)CC2C)CC1. The van der Waals surface area contributed by atoms with Gasteiger partial charge >= 0.3 is 0 Å². The molecule has 2 unspecified atom stereocenters. The van der Waals surface area contributed by atoms with Crippen molar-refractivity contribution in [3.63, 3.8) is 0 Å². The van der Waals surface area contributed by atoms with E-state index in [2.05, 4.69) is 31.0 Å². The van der Waals surface area contributed by atoms with Crippen LogP contribution in [0.15, 0.2) is 0 Å². The maximum Gasteiger partial charge on any atom is 0.00992 e. The largest absolute Gasteiger partial charge is 0.314 e. The molecule has 17 heavy (non-hydrogen) atoms. The molecule has 1 saturated carbocycles. The van der Waals surface area contributed by atoms with E-state index in [1.807, 2.05) is 0 Å². The normalized spacial score (nSPS) is 40.4. The number of likely N-dealkylation sites (tertiary alicyclic amines) is 1. The first kappa shape index (κ1) is 13.4. The summed E-state index contributed by atoms with van der Waals surface area (Å²) in [6.45, 7) is 9.55. The van der Waals surface area contributed by atoms with Crippen LogP contribution in [-0.4, -0.2) is 36.1 Å². The van der Waals surface area contributed by atoms with Gasteiger partial charge in [0.15, 0.2) is 0 Å². The highest BCUT2D eigenvalue weighted by Gasteiger charge is 2.31. The lowest BCUT2D eigenvalue weighted by atomic mass is 9.86. The average molecular weight is 238 g/mol. The van der Waals surface area contributed by atoms with Crippen molar-refractivity contribution < 1.29 is 0 Å². The summed E-state index contributed by atoms with van der Waals surface area (Å²) in [6.07, 6.45) is 8.42. The summed E-state index contributed by atoms with van der Waals surface area (Å²) in [5, 5.41) is 3.61. The zero-order chi connectivity index (χ0) is 12.3. The first-order valence-corrected chi connectivity index (χ1v) is 7.69. The van der Waals surface area contributed by atoms with Crippen molar-refractivity contribution in [2.24, 2.45) is 5.92 Å². The highest BCUT2D eigenvalue weighted by molar-refractivity contribution is 4.87. The molecule has 0 aromatic rings. The molecule has 2 atom stereocenters. The molecule has 2 rings (SSSR count). The number of hydrogen-bond acceptors (Lipinski definition) is 2. The van der Waals surface area contributed by atoms with Gasteiger partial charge < -0.3 is 5.32 Å². The van der Waals surface area contributed by atoms with Crippen molar-refractivity contribution in [3.05, 3.63) is 0 Å². The highest BCUT2D eigenvalue weighted by Crippen LogP contribution is 2.30. The van der Waals surface area contributed by atoms with Crippen molar-refractivity contribution in [3.8, 4) is 0 Å². The fourth-order valence-corrected chi connectivity index (χ4v) is 3.87. The van der Waals surface area contributed by atoms with Gasteiger partial charge in [-0.15, -0.1) is 0 Å². The molecule has 1 N–H and O–H groups in total. The molecule has 2 nitrogen and oxygen atoms in total. The molecule has 2 aliphatic rings. The van der Waals surface area contributed by atoms with Gasteiger partial charge in [-0.2, -0.15) is 0 Å². The van der Waals surface area contributed by atoms with Crippen molar-refractivity contribution in [1.82, 2.24) is 10.2 Å². The molecule has 0 bridgehead atoms. The topological polar surface area (TPSA) is 15.3 Å². The highest BCUT2D eigenvalue weighted by atomic mass is 15.2. The van der Waals surface area contributed by atoms with E-state index >= 15 is 0 Å². The van der Waals surface area contributed by atoms with Crippen molar-refractivity contribution in [2.75, 3.05) is 13.1 Å². The first-order chi connectivity index (χ1) is 8.20. The maximum absolute atomic E-state index is 3.61. The van der Waals surface area contributed by atoms with E-state index in [0.717, 1.165) is 30.6 Å². The third-order valence-corrected chi connectivity index (χ3v) is 4.85. The summed E-state index contributed by atoms with van der Waals surface area (Å²) in [6, 6.07) is 2.50. The number of nitrogens with one attached hydrogen (secondary N) is 1. The van der Waals surface area contributed by atoms with E-state index in [0.29, 0.717) is 0 Å². The van der Waals surface area contributed by atoms with Crippen LogP contribution in [0.5, 0.6) is 0 Å². The van der Waals surface area contributed by atoms with Crippen molar-refractivity contribution in [2.45, 2.75) is 77.4 Å². The van der Waals surface area contributed by atoms with Crippen molar-refractivity contribution >= 4 is 0 Å². The third kappa shape index (κ3) is 3.45. The zero-order valence-electron chi connectivity index (χ0n) is 11.9. The molecule has 0 radical (unpaired) electrons. The van der Waals surface area contributed by atoms with Gasteiger partial charge in [-0.05, 0) is 64.5 Å². The Labute approximate surface area is 107 Å². The minimum Gasteiger partial charge on any atom is -0.314 e. The van der Waals surface area contributed by atoms with Gasteiger partial charge in [-0.3, -0.25) is 4.90 Å². The Kier molecular flexibility index (Phi) is 4.87. The van der Waals surface area contributed by atoms with Gasteiger partial charge in [0, 0.05) is 18.1 Å². The van der Waals surface area contributed by atoms with Crippen LogP contribution >= 0.6 is 0 Å². The standard InChI is InChI=1S/C15H30N2/c1-4-16-14-5-7-15(8-6-14)17-10-9-12(2)11-13(17)3/h12-16H,4-11H2,1-3H3. The number of rotatable bonds is 3. The van der Waals surface area contributed by atoms with Gasteiger partial charge in [-0.1, -0.05) is 13.8 Å². The van der Waals surface area contributed by atoms with Crippen LogP contribution in [0.4, 0.5) is 0 Å². The molecule has 2 heteroatoms. The molecule has 1 aliphatic heterocycles. The van der Waals surface area contributed by atoms with Crippen LogP contribution in [0, 0.1) is 5.92 Å². The fourth-order valence-electron chi connectivity index (χ4n) is 3.87. The van der Waals surface area contributed by atoms with Gasteiger partial charge in [0.1, 0.15) is 0 Å². The molecule has 0 aromatic heterocycles. The van der Waals surface area contributed by atoms with Crippen LogP contribution in [0.3, 0.4) is 0 Å². The summed E-state index contributed by atoms with van der Waals surface area (Å²) in [4.78, 5) is 2.81. The van der Waals surface area contributed by atoms with Crippen LogP contribution in [0.1, 0.15) is 59.3 Å². The lowest BCUT2D eigenvalue weighted by Gasteiger charge is -2.44. The molecule has 1 saturated heterocycles. The van der Waals surface area contributed by atoms with E-state index in [1.165, 1.54) is 45.1 Å². The summed E-state index contributed by atoms with van der Waals surface area (Å²) in [5.41, 5.74) is 0. The molecule has 1 aliphatic carbocycles. The van der Waals surface area contributed by atoms with Crippen LogP contribution < -0.4 is 5.32 Å². The minimum atomic E-state index is 0.801. The predicted molar refractivity (Wildman–Crippen MR) is 74.3 cm³/mol. The lowest BCUT2D eigenvalue weighted by molar-refractivity contribution is 0.0576. The van der Waals surface area contributed by atoms with E-state index in [9.17, 15) is 0 Å². The van der Waals surface area contributed by atoms with Crippen LogP contribution in [0.2, 0.25) is 0 Å². The first-order valence-electron chi connectivity index (χ1n) is 7.69. The maximum atomic E-state index is 3.61. The van der Waals surface area contributed by atoms with Crippen LogP contribution in [0.25, 0.3) is 0 Å². The van der Waals surface area contributed by atoms with E-state index < -0.39 is 0 Å². The summed E-state index contributed by atoms with van der Waals surface area (Å²) >= 11 is 0. The van der Waals surface area contributed by atoms with E-state index in [1.54, 1.807) is 0 Å². The lowest BCUT2D eigenvalue weighted by Crippen LogP contribution is -2.49. The van der Waals surface area contributed by atoms with Gasteiger partial charge in [0.2, 0.25) is 0 Å². The second-order valence-corrected chi connectivity index (χ2v) is 6.28. The molecular formula is C15H30N2. The monoisotopic (exact) mass is 238 g/mol. The fraction of sp³-hybridized carbons (Fsp3) is 1.00. The molecule has 0 aromatic carbocycles. The van der Waals surface area contributed by atoms with Gasteiger partial charge in [-0.25, -0.2) is 0 Å². The molecule has 100 valence electrons. The number of nitrogens with zero attached hydrogens (tertiary/aromatic N) is 1. The Balaban J connectivity index is 1.80. The van der Waals surface area contributed by atoms with E-state index in [-0.39, 0.29) is 0 Å². The summed E-state index contributed by atoms with van der Waals surface area (Å²) in [5.74, 6) is 0.944. The Morgan fingerprint density at radius 3 is 2.35 bits per heavy atom. The Bertz CT molecular complexity index is 221. The molecular weight excluding hydrogens is 208 g/mol. The smallest absolute Gasteiger partial charge is 0.00992 e. The Hall–Kier alpha value is -0.0800. The summed E-state index contributed by atoms with van der Waals surface area (Å²) < 4.78 is 0.